The first-order chi connectivity index (χ1) is 11.8. The Morgan fingerprint density at radius 1 is 1.24 bits per heavy atom. The van der Waals surface area contributed by atoms with Crippen molar-refractivity contribution in [3.8, 4) is 0 Å². The Balaban J connectivity index is 1.74. The maximum absolute atomic E-state index is 12.3. The summed E-state index contributed by atoms with van der Waals surface area (Å²) in [6.07, 6.45) is 3.01. The maximum atomic E-state index is 12.3. The van der Waals surface area contributed by atoms with Crippen LogP contribution in [-0.2, 0) is 9.59 Å². The first-order valence-electron chi connectivity index (χ1n) is 7.60. The van der Waals surface area contributed by atoms with E-state index in [1.165, 1.54) is 22.3 Å². The summed E-state index contributed by atoms with van der Waals surface area (Å²) in [4.78, 5) is 24.8. The summed E-state index contributed by atoms with van der Waals surface area (Å²) in [6.45, 7) is 0.369. The number of carboxylic acids is 1. The molecule has 0 atom stereocenters. The smallest absolute Gasteiger partial charge is 0.335 e. The molecule has 2 aromatic rings. The Morgan fingerprint density at radius 2 is 1.92 bits per heavy atom. The second-order valence-electron chi connectivity index (χ2n) is 5.93. The predicted octanol–water partition coefficient (Wildman–Crippen LogP) is 3.66. The van der Waals surface area contributed by atoms with E-state index in [2.05, 4.69) is 0 Å². The monoisotopic (exact) mass is 399 g/mol. The molecule has 1 aromatic heterocycles. The number of rotatable bonds is 3. The average Bonchev–Trinajstić information content (AvgIpc) is 3.05. The molecule has 0 aliphatic carbocycles. The summed E-state index contributed by atoms with van der Waals surface area (Å²) in [7, 11) is 0. The van der Waals surface area contributed by atoms with Gasteiger partial charge in [-0.15, -0.1) is 11.3 Å². The maximum Gasteiger partial charge on any atom is 0.335 e. The highest BCUT2D eigenvalue weighted by atomic mass is 35.5. The molecule has 0 unspecified atom stereocenters. The van der Waals surface area contributed by atoms with Crippen molar-refractivity contribution in [3.05, 3.63) is 39.2 Å². The molecule has 0 radical (unpaired) electrons. The predicted molar refractivity (Wildman–Crippen MR) is 99.3 cm³/mol. The van der Waals surface area contributed by atoms with Crippen LogP contribution >= 0.6 is 34.5 Å². The molecule has 2 heterocycles. The number of aliphatic carboxylic acids is 1. The van der Waals surface area contributed by atoms with E-state index in [9.17, 15) is 14.7 Å². The minimum absolute atomic E-state index is 0.00929. The van der Waals surface area contributed by atoms with Crippen LogP contribution in [0.3, 0.4) is 0 Å². The lowest BCUT2D eigenvalue weighted by molar-refractivity contribution is -0.164. The number of halogens is 2. The molecule has 1 aromatic carbocycles. The standard InChI is InChI=1S/C17H15Cl2NO4S/c18-13-10(9-11-3-8-25-15(11)14(13)19)1-2-12(21)20-6-4-17(24,5-7-20)16(22)23/h1-3,8-9,24H,4-7H2,(H,22,23)/b2-1+. The molecule has 1 amide bonds. The molecular formula is C17H15Cl2NO4S. The zero-order valence-corrected chi connectivity index (χ0v) is 15.4. The molecule has 25 heavy (non-hydrogen) atoms. The van der Waals surface area contributed by atoms with Crippen LogP contribution in [0, 0.1) is 0 Å². The lowest BCUT2D eigenvalue weighted by atomic mass is 9.91. The van der Waals surface area contributed by atoms with Crippen LogP contribution in [0.25, 0.3) is 16.2 Å². The molecule has 1 aliphatic heterocycles. The zero-order chi connectivity index (χ0) is 18.2. The fourth-order valence-corrected chi connectivity index (χ4v) is 4.21. The summed E-state index contributed by atoms with van der Waals surface area (Å²) < 4.78 is 0.902. The summed E-state index contributed by atoms with van der Waals surface area (Å²) in [6, 6.07) is 3.79. The van der Waals surface area contributed by atoms with Crippen LogP contribution in [0.1, 0.15) is 18.4 Å². The topological polar surface area (TPSA) is 77.8 Å². The molecule has 0 spiro atoms. The van der Waals surface area contributed by atoms with Crippen LogP contribution in [0.5, 0.6) is 0 Å². The lowest BCUT2D eigenvalue weighted by Crippen LogP contribution is -2.50. The number of fused-ring (bicyclic) bond motifs is 1. The third kappa shape index (κ3) is 3.53. The Kier molecular flexibility index (Phi) is 5.06. The summed E-state index contributed by atoms with van der Waals surface area (Å²) >= 11 is 14.0. The molecule has 0 bridgehead atoms. The molecule has 0 saturated carbocycles. The van der Waals surface area contributed by atoms with Gasteiger partial charge in [-0.1, -0.05) is 23.2 Å². The van der Waals surface area contributed by atoms with E-state index in [1.54, 1.807) is 6.08 Å². The first-order valence-corrected chi connectivity index (χ1v) is 9.23. The molecular weight excluding hydrogens is 385 g/mol. The number of carboxylic acid groups (broad SMARTS) is 1. The van der Waals surface area contributed by atoms with Crippen molar-refractivity contribution in [2.75, 3.05) is 13.1 Å². The first kappa shape index (κ1) is 18.2. The molecule has 3 rings (SSSR count). The Hall–Kier alpha value is -1.60. The van der Waals surface area contributed by atoms with E-state index < -0.39 is 11.6 Å². The van der Waals surface area contributed by atoms with Crippen LogP contribution in [0.2, 0.25) is 10.0 Å². The minimum atomic E-state index is -1.75. The van der Waals surface area contributed by atoms with Gasteiger partial charge in [0.15, 0.2) is 5.60 Å². The Labute approximate surface area is 158 Å². The summed E-state index contributed by atoms with van der Waals surface area (Å²) in [5.41, 5.74) is -1.11. The van der Waals surface area contributed by atoms with E-state index in [-0.39, 0.29) is 31.8 Å². The van der Waals surface area contributed by atoms with Crippen molar-refractivity contribution in [3.63, 3.8) is 0 Å². The van der Waals surface area contributed by atoms with Crippen molar-refractivity contribution in [2.45, 2.75) is 18.4 Å². The molecule has 1 saturated heterocycles. The number of aliphatic hydroxyl groups is 1. The van der Waals surface area contributed by atoms with E-state index in [1.807, 2.05) is 17.5 Å². The third-order valence-electron chi connectivity index (χ3n) is 4.36. The van der Waals surface area contributed by atoms with Gasteiger partial charge in [0.2, 0.25) is 5.91 Å². The van der Waals surface area contributed by atoms with Crippen LogP contribution in [-0.4, -0.2) is 45.7 Å². The van der Waals surface area contributed by atoms with Gasteiger partial charge in [0, 0.05) is 32.0 Å². The van der Waals surface area contributed by atoms with Gasteiger partial charge in [0.05, 0.1) is 14.7 Å². The van der Waals surface area contributed by atoms with Gasteiger partial charge < -0.3 is 15.1 Å². The zero-order valence-electron chi connectivity index (χ0n) is 13.0. The second kappa shape index (κ2) is 6.96. The van der Waals surface area contributed by atoms with Gasteiger partial charge in [0.25, 0.3) is 0 Å². The molecule has 8 heteroatoms. The average molecular weight is 400 g/mol. The number of amides is 1. The second-order valence-corrected chi connectivity index (χ2v) is 7.60. The number of thiophene rings is 1. The van der Waals surface area contributed by atoms with Gasteiger partial charge in [-0.05, 0) is 34.5 Å². The summed E-state index contributed by atoms with van der Waals surface area (Å²) in [5.74, 6) is -1.51. The molecule has 2 N–H and O–H groups in total. The van der Waals surface area contributed by atoms with Crippen molar-refractivity contribution in [1.29, 1.82) is 0 Å². The Morgan fingerprint density at radius 3 is 2.56 bits per heavy atom. The third-order valence-corrected chi connectivity index (χ3v) is 6.30. The van der Waals surface area contributed by atoms with Crippen LogP contribution in [0.4, 0.5) is 0 Å². The fraction of sp³-hybridized carbons (Fsp3) is 0.294. The fourth-order valence-electron chi connectivity index (χ4n) is 2.77. The highest BCUT2D eigenvalue weighted by Crippen LogP contribution is 2.37. The van der Waals surface area contributed by atoms with E-state index in [0.717, 1.165) is 10.1 Å². The largest absolute Gasteiger partial charge is 0.479 e. The van der Waals surface area contributed by atoms with Gasteiger partial charge in [0.1, 0.15) is 0 Å². The Bertz CT molecular complexity index is 869. The molecule has 1 fully saturated rings. The summed E-state index contributed by atoms with van der Waals surface area (Å²) in [5, 5.41) is 22.6. The number of benzene rings is 1. The normalized spacial score (nSPS) is 17.3. The number of carbonyl (C=O) groups excluding carboxylic acids is 1. The number of hydrogen-bond donors (Lipinski definition) is 2. The van der Waals surface area contributed by atoms with Crippen molar-refractivity contribution >= 4 is 62.6 Å². The molecule has 132 valence electrons. The molecule has 5 nitrogen and oxygen atoms in total. The van der Waals surface area contributed by atoms with E-state index in [0.29, 0.717) is 15.6 Å². The highest BCUT2D eigenvalue weighted by Gasteiger charge is 2.40. The highest BCUT2D eigenvalue weighted by molar-refractivity contribution is 7.18. The van der Waals surface area contributed by atoms with Gasteiger partial charge in [-0.3, -0.25) is 4.79 Å². The van der Waals surface area contributed by atoms with Crippen molar-refractivity contribution in [1.82, 2.24) is 4.90 Å². The van der Waals surface area contributed by atoms with Gasteiger partial charge in [-0.2, -0.15) is 0 Å². The minimum Gasteiger partial charge on any atom is -0.479 e. The van der Waals surface area contributed by atoms with E-state index >= 15 is 0 Å². The SMILES string of the molecule is O=C(/C=C/c1cc2ccsc2c(Cl)c1Cl)N1CCC(O)(C(=O)O)CC1. The quantitative estimate of drug-likeness (QED) is 0.771. The lowest BCUT2D eigenvalue weighted by Gasteiger charge is -2.34. The van der Waals surface area contributed by atoms with Crippen LogP contribution in [0.15, 0.2) is 23.6 Å². The number of nitrogens with zero attached hydrogens (tertiary/aromatic N) is 1. The number of carbonyl (C=O) groups is 2. The molecule has 1 aliphatic rings. The van der Waals surface area contributed by atoms with Crippen molar-refractivity contribution in [2.24, 2.45) is 0 Å². The van der Waals surface area contributed by atoms with Gasteiger partial charge in [-0.25, -0.2) is 4.79 Å². The van der Waals surface area contributed by atoms with E-state index in [4.69, 9.17) is 28.3 Å². The number of piperidine rings is 1. The van der Waals surface area contributed by atoms with Crippen LogP contribution < -0.4 is 0 Å². The number of likely N-dealkylation sites (tertiary alicyclic amines) is 1. The number of hydrogen-bond acceptors (Lipinski definition) is 4. The van der Waals surface area contributed by atoms with Crippen molar-refractivity contribution < 1.29 is 19.8 Å². The van der Waals surface area contributed by atoms with Gasteiger partial charge >= 0.3 is 5.97 Å².